The second-order valence-corrected chi connectivity index (χ2v) is 35.1. The first kappa shape index (κ1) is 114. The molecule has 0 bridgehead atoms. The van der Waals surface area contributed by atoms with E-state index >= 15 is 0 Å². The van der Waals surface area contributed by atoms with E-state index in [2.05, 4.69) is 21.3 Å². The summed E-state index contributed by atoms with van der Waals surface area (Å²) in [5, 5.41) is 358. The van der Waals surface area contributed by atoms with Crippen molar-refractivity contribution in [2.75, 3.05) is 59.5 Å². The zero-order chi connectivity index (χ0) is 102. The number of hydrogen-bond acceptors (Lipinski definition) is 56. The van der Waals surface area contributed by atoms with Crippen LogP contribution in [0.15, 0.2) is 0 Å². The molecule has 61 nitrogen and oxygen atoms in total. The van der Waals surface area contributed by atoms with Crippen LogP contribution in [0.25, 0.3) is 0 Å². The van der Waals surface area contributed by atoms with Gasteiger partial charge in [0.2, 0.25) is 23.6 Å². The van der Waals surface area contributed by atoms with E-state index in [1.165, 1.54) is 13.8 Å². The molecule has 0 aromatic rings. The largest absolute Gasteiger partial charge is 0.477 e. The number of aliphatic hydroxyl groups excluding tert-OH is 30. The van der Waals surface area contributed by atoms with Gasteiger partial charge in [0.1, 0.15) is 250 Å². The summed E-state index contributed by atoms with van der Waals surface area (Å²) in [6.07, 6.45) is -112. The van der Waals surface area contributed by atoms with E-state index in [1.54, 1.807) is 0 Å². The van der Waals surface area contributed by atoms with Crippen molar-refractivity contribution >= 4 is 29.6 Å². The number of carbonyl (C=O) groups excluding carboxylic acids is 4. The molecule has 0 radical (unpaired) electrons. The fourth-order valence-corrected chi connectivity index (χ4v) is 18.1. The molecule has 61 heteroatoms. The highest BCUT2D eigenvalue weighted by Crippen LogP contribution is 2.44. The van der Waals surface area contributed by atoms with Gasteiger partial charge in [0.25, 0.3) is 5.79 Å². The summed E-state index contributed by atoms with van der Waals surface area (Å²) in [7, 11) is 0. The van der Waals surface area contributed by atoms with Gasteiger partial charge >= 0.3 is 5.97 Å². The van der Waals surface area contributed by atoms with Gasteiger partial charge in [-0.15, -0.1) is 0 Å². The van der Waals surface area contributed by atoms with Crippen LogP contribution in [0.2, 0.25) is 0 Å². The number of carbonyl (C=O) groups is 5. The summed E-state index contributed by atoms with van der Waals surface area (Å²) in [5.74, 6) is -9.64. The Balaban J connectivity index is 0.889. The number of aliphatic carboxylic acids is 1. The first-order chi connectivity index (χ1) is 65.1. The number of amides is 4. The third-order valence-electron chi connectivity index (χ3n) is 25.5. The van der Waals surface area contributed by atoms with Crippen molar-refractivity contribution in [3.63, 3.8) is 0 Å². The second-order valence-electron chi connectivity index (χ2n) is 35.1. The fourth-order valence-electron chi connectivity index (χ4n) is 18.1. The number of ether oxygens (including phenoxy) is 21. The molecule has 11 aliphatic heterocycles. The molecule has 11 rings (SSSR count). The average molecular weight is 2020 g/mol. The van der Waals surface area contributed by atoms with Gasteiger partial charge in [-0.25, -0.2) is 4.79 Å². The smallest absolute Gasteiger partial charge is 0.364 e. The lowest BCUT2D eigenvalue weighted by molar-refractivity contribution is -0.403. The van der Waals surface area contributed by atoms with E-state index in [-0.39, 0.29) is 0 Å². The Kier molecular flexibility index (Phi) is 40.1. The van der Waals surface area contributed by atoms with Gasteiger partial charge in [0.15, 0.2) is 62.9 Å². The van der Waals surface area contributed by atoms with E-state index in [0.717, 1.165) is 27.7 Å². The lowest BCUT2D eigenvalue weighted by Gasteiger charge is -2.53. The highest BCUT2D eigenvalue weighted by atomic mass is 16.8. The molecule has 798 valence electrons. The van der Waals surface area contributed by atoms with Crippen LogP contribution in [0.3, 0.4) is 0 Å². The summed E-state index contributed by atoms with van der Waals surface area (Å²) < 4.78 is 126. The Bertz CT molecular complexity index is 3860. The molecule has 0 aromatic heterocycles. The van der Waals surface area contributed by atoms with Crippen LogP contribution < -0.4 is 21.3 Å². The number of rotatable bonds is 36. The number of hydrogen-bond donors (Lipinski definition) is 35. The second kappa shape index (κ2) is 48.8. The van der Waals surface area contributed by atoms with Crippen LogP contribution >= 0.6 is 0 Å². The molecular weight excluding hydrogens is 1890 g/mol. The third-order valence-corrected chi connectivity index (χ3v) is 25.5. The molecule has 11 heterocycles. The molecule has 0 spiro atoms. The van der Waals surface area contributed by atoms with Gasteiger partial charge < -0.3 is 279 Å². The predicted octanol–water partition coefficient (Wildman–Crippen LogP) is -23.1. The minimum Gasteiger partial charge on any atom is -0.477 e. The molecule has 11 saturated heterocycles. The minimum atomic E-state index is -3.38. The van der Waals surface area contributed by atoms with E-state index in [4.69, 9.17) is 99.5 Å². The number of carboxylic acid groups (broad SMARTS) is 1. The van der Waals surface area contributed by atoms with Crippen molar-refractivity contribution in [2.24, 2.45) is 0 Å². The average Bonchev–Trinajstić information content (AvgIpc) is 0.745. The Hall–Kier alpha value is -4.69. The zero-order valence-electron chi connectivity index (χ0n) is 74.3. The van der Waals surface area contributed by atoms with Crippen molar-refractivity contribution in [2.45, 2.75) is 391 Å². The quantitative estimate of drug-likeness (QED) is 0.0277. The molecule has 56 atom stereocenters. The van der Waals surface area contributed by atoms with Gasteiger partial charge in [-0.2, -0.15) is 0 Å². The first-order valence-electron chi connectivity index (χ1n) is 44.0. The lowest BCUT2D eigenvalue weighted by Crippen LogP contribution is -2.72. The predicted molar refractivity (Wildman–Crippen MR) is 423 cm³/mol. The molecule has 11 aliphatic rings. The van der Waals surface area contributed by atoms with Gasteiger partial charge in [-0.05, 0) is 13.8 Å². The maximum Gasteiger partial charge on any atom is 0.364 e. The highest BCUT2D eigenvalue weighted by molar-refractivity contribution is 5.77. The Morgan fingerprint density at radius 2 is 0.580 bits per heavy atom. The van der Waals surface area contributed by atoms with E-state index < -0.39 is 439 Å². The Morgan fingerprint density at radius 1 is 0.297 bits per heavy atom. The minimum absolute atomic E-state index is 0.855. The monoisotopic (exact) mass is 2020 g/mol. The number of nitrogens with one attached hydrogen (secondary N) is 4. The maximum absolute atomic E-state index is 13.8. The van der Waals surface area contributed by atoms with Gasteiger partial charge in [0.05, 0.1) is 83.8 Å². The van der Waals surface area contributed by atoms with Crippen molar-refractivity contribution in [3.05, 3.63) is 0 Å². The molecule has 0 aromatic carbocycles. The normalized spacial score (nSPS) is 49.1. The number of aliphatic hydroxyl groups is 30. The van der Waals surface area contributed by atoms with Gasteiger partial charge in [-0.1, -0.05) is 0 Å². The van der Waals surface area contributed by atoms with E-state index in [0.29, 0.717) is 0 Å². The topological polar surface area (TPSA) is 954 Å². The van der Waals surface area contributed by atoms with Crippen LogP contribution in [0.1, 0.15) is 48.0 Å². The maximum atomic E-state index is 13.8. The van der Waals surface area contributed by atoms with Crippen molar-refractivity contribution in [1.82, 2.24) is 21.3 Å². The molecule has 0 saturated carbocycles. The molecule has 35 N–H and O–H groups in total. The summed E-state index contributed by atoms with van der Waals surface area (Å²) in [5.41, 5.74) is 0. The van der Waals surface area contributed by atoms with Crippen molar-refractivity contribution < 1.29 is 282 Å². The van der Waals surface area contributed by atoms with Gasteiger partial charge in [-0.3, -0.25) is 19.2 Å². The van der Waals surface area contributed by atoms with E-state index in [1.807, 2.05) is 0 Å². The number of carboxylic acids is 1. The highest BCUT2D eigenvalue weighted by Gasteiger charge is 2.66. The third kappa shape index (κ3) is 24.4. The van der Waals surface area contributed by atoms with Crippen LogP contribution in [0.4, 0.5) is 0 Å². The molecule has 4 amide bonds. The molecule has 0 aliphatic carbocycles. The van der Waals surface area contributed by atoms with Gasteiger partial charge in [0, 0.05) is 34.1 Å². The van der Waals surface area contributed by atoms with Crippen molar-refractivity contribution in [1.29, 1.82) is 0 Å². The summed E-state index contributed by atoms with van der Waals surface area (Å²) in [6, 6.07) is -8.11. The summed E-state index contributed by atoms with van der Waals surface area (Å²) >= 11 is 0. The van der Waals surface area contributed by atoms with E-state index in [9.17, 15) is 182 Å². The van der Waals surface area contributed by atoms with Crippen LogP contribution in [-0.2, 0) is 123 Å². The fraction of sp³-hybridized carbons (Fsp3) is 0.935. The van der Waals surface area contributed by atoms with Crippen LogP contribution in [0, 0.1) is 0 Å². The van der Waals surface area contributed by atoms with Crippen LogP contribution in [0.5, 0.6) is 0 Å². The lowest BCUT2D eigenvalue weighted by atomic mass is 9.88. The molecule has 0 unspecified atom stereocenters. The zero-order valence-corrected chi connectivity index (χ0v) is 74.3. The SMILES string of the molecule is CC(=O)N[C@H]1[C@H](O[C@H]2[C@@H](O)[C@@H](CO)O[C@@H](O[C@H]3[C@H](O)[C@@H](O)[C@H](O)O[C@@H]3CO)[C@@H]2O)O[C@H](CO)[C@@H](O[C@@H]2O[C@H](CO)[C@H](O)[C@H](O[C@@H]3O[C@H](CO)[C@@H](O[C@@H]4O[C@H](CO)[C@H](O)[C@H](O[C@@H]5O[C@H](CO)[C@@H](O[C@@H]6O[C@H](CO)[C@H](O)[C@H](O[C@]7(C(=O)O)C[C@H](O)[C@@H](NC(C)=O)[C@H]([C@H](O)[C@H](O)CO)O7)[C@H]6O)[C@H](O[C@@H]6O[C@@H](C)[C@@H](O)[C@@H](O)[C@@H]6O)[C@H]5NC(C)=O)[C@H]4O)[C@H](O[C@@H]4O[C@@H](C)[C@@H](O)[C@@H](O)[C@@H]4O)[C@H]3NC(C)=O)[C@H]2O)[C@@H]1O. The standard InChI is InChI=1S/C77H128N4O57/c1-17-37(97)45(105)49(109)70(118-17)132-60-35(80-21(5)93)68(135-63-41(101)26(10-84)121-72(52(63)112)128-55-30(14-88)125-67(34(44(55)104)79-20(4)92)134-62-40(100)25(9-83)122-73(51(62)111)129-56-29(13-87)120-66(115)48(108)47(56)107)126-31(15-89)57(60)130-74-53(113)64(42(102)27(11-85)123-74)136-69-36(81-22(6)94)61(133-71-50(110)46(106)38(98)18(2)119-71)58(32(16-90)127-69)131-75-54(114)65(43(103)28(12-86)124-75)138-77(76(116)117)7-23(95)33(78-19(3)91)59(137-77)39(99)24(96)8-82/h17-18,23-75,82-90,95-115H,7-16H2,1-6H3,(H,78,91)(H,79,92)(H,80,93)(H,81,94)(H,116,117)/t17-,18-,23-,24+,25+,26+,27+,28+,29+,30+,31+,32+,33+,34+,35+,36+,37+,38+,39+,40-,41-,42-,43-,44+,45+,46+,47+,48+,49-,50-,51+,52+,53+,54+,55+,56+,57+,58+,59+,60+,61+,62-,63-,64-,65-,66+,67-,68-,69-,70-,71-,72-,73-,74-,75-,77-/m0/s1. The first-order valence-corrected chi connectivity index (χ1v) is 44.0. The Morgan fingerprint density at radius 3 is 0.928 bits per heavy atom. The molecule has 11 fully saturated rings. The summed E-state index contributed by atoms with van der Waals surface area (Å²) in [6.45, 7) is -5.12. The van der Waals surface area contributed by atoms with Crippen molar-refractivity contribution in [3.8, 4) is 0 Å². The molecular formula is C77H128N4O57. The molecule has 138 heavy (non-hydrogen) atoms. The summed E-state index contributed by atoms with van der Waals surface area (Å²) in [4.78, 5) is 66.3. The Labute approximate surface area is 780 Å². The van der Waals surface area contributed by atoms with Crippen LogP contribution in [-0.4, -0.2) is 590 Å².